The van der Waals surface area contributed by atoms with Gasteiger partial charge in [0.25, 0.3) is 0 Å². The van der Waals surface area contributed by atoms with E-state index >= 15 is 0 Å². The summed E-state index contributed by atoms with van der Waals surface area (Å²) in [5.74, 6) is -0.0768. The Morgan fingerprint density at radius 3 is 2.83 bits per heavy atom. The number of hydrogen-bond acceptors (Lipinski definition) is 1. The predicted molar refractivity (Wildman–Crippen MR) is 70.7 cm³/mol. The predicted octanol–water partition coefficient (Wildman–Crippen LogP) is 3.90. The summed E-state index contributed by atoms with van der Waals surface area (Å²) in [5, 5.41) is 0. The molecule has 0 atom stereocenters. The monoisotopic (exact) mass is 307 g/mol. The Balaban J connectivity index is 2.12. The van der Waals surface area contributed by atoms with E-state index in [4.69, 9.17) is 0 Å². The van der Waals surface area contributed by atoms with Crippen molar-refractivity contribution in [2.75, 3.05) is 0 Å². The van der Waals surface area contributed by atoms with E-state index in [1.165, 1.54) is 6.07 Å². The van der Waals surface area contributed by atoms with Gasteiger partial charge in [0.2, 0.25) is 0 Å². The molecular formula is C14H11BrFNO. The molecule has 1 heterocycles. The van der Waals surface area contributed by atoms with E-state index in [2.05, 4.69) is 15.9 Å². The van der Waals surface area contributed by atoms with Crippen molar-refractivity contribution in [2.45, 2.75) is 19.3 Å². The van der Waals surface area contributed by atoms with Gasteiger partial charge in [0.15, 0.2) is 5.78 Å². The summed E-state index contributed by atoms with van der Waals surface area (Å²) in [7, 11) is 0. The van der Waals surface area contributed by atoms with Crippen molar-refractivity contribution in [3.63, 3.8) is 0 Å². The molecule has 0 bridgehead atoms. The smallest absolute Gasteiger partial charge is 0.164 e. The summed E-state index contributed by atoms with van der Waals surface area (Å²) < 4.78 is 15.6. The first-order valence-corrected chi connectivity index (χ1v) is 6.65. The van der Waals surface area contributed by atoms with Gasteiger partial charge in [-0.25, -0.2) is 4.39 Å². The van der Waals surface area contributed by atoms with Crippen LogP contribution in [0.2, 0.25) is 0 Å². The topological polar surface area (TPSA) is 22.0 Å². The van der Waals surface area contributed by atoms with Crippen LogP contribution in [0.4, 0.5) is 4.39 Å². The van der Waals surface area contributed by atoms with Crippen LogP contribution in [-0.4, -0.2) is 10.4 Å². The van der Waals surface area contributed by atoms with Gasteiger partial charge in [-0.15, -0.1) is 0 Å². The number of carbonyl (C=O) groups is 1. The third-order valence-corrected chi connectivity index (χ3v) is 3.90. The average Bonchev–Trinajstić information content (AvgIpc) is 2.78. The Labute approximate surface area is 113 Å². The van der Waals surface area contributed by atoms with Crippen molar-refractivity contribution in [3.05, 3.63) is 52.0 Å². The van der Waals surface area contributed by atoms with Gasteiger partial charge < -0.3 is 4.57 Å². The molecule has 1 aromatic heterocycles. The fourth-order valence-corrected chi connectivity index (χ4v) is 2.77. The molecule has 0 N–H and O–H groups in total. The molecule has 0 spiro atoms. The van der Waals surface area contributed by atoms with Crippen molar-refractivity contribution < 1.29 is 9.18 Å². The molecule has 0 aliphatic heterocycles. The number of aromatic nitrogens is 1. The summed E-state index contributed by atoms with van der Waals surface area (Å²) in [5.41, 5.74) is 2.71. The molecule has 1 aromatic carbocycles. The zero-order chi connectivity index (χ0) is 12.7. The lowest BCUT2D eigenvalue weighted by Crippen LogP contribution is -2.12. The molecule has 0 fully saturated rings. The number of rotatable bonds is 1. The maximum Gasteiger partial charge on any atom is 0.164 e. The van der Waals surface area contributed by atoms with Crippen molar-refractivity contribution in [3.8, 4) is 5.69 Å². The zero-order valence-electron chi connectivity index (χ0n) is 9.62. The van der Waals surface area contributed by atoms with E-state index in [0.717, 1.165) is 29.8 Å². The average molecular weight is 308 g/mol. The van der Waals surface area contributed by atoms with Crippen LogP contribution < -0.4 is 0 Å². The van der Waals surface area contributed by atoms with Crippen LogP contribution >= 0.6 is 15.9 Å². The van der Waals surface area contributed by atoms with Crippen LogP contribution in [0, 0.1) is 5.82 Å². The summed E-state index contributed by atoms with van der Waals surface area (Å²) in [6.07, 6.45) is 4.29. The number of Topliss-reactive ketones (excluding diaryl/α,β-unsaturated/α-hetero) is 1. The molecule has 4 heteroatoms. The van der Waals surface area contributed by atoms with Crippen molar-refractivity contribution in [1.82, 2.24) is 4.57 Å². The van der Waals surface area contributed by atoms with Gasteiger partial charge in [-0.2, -0.15) is 0 Å². The SMILES string of the molecule is O=C1CCCc2c1ccn2-c1ccc(F)c(Br)c1. The fraction of sp³-hybridized carbons (Fsp3) is 0.214. The highest BCUT2D eigenvalue weighted by Gasteiger charge is 2.21. The Morgan fingerprint density at radius 2 is 2.06 bits per heavy atom. The second kappa shape index (κ2) is 4.35. The highest BCUT2D eigenvalue weighted by molar-refractivity contribution is 9.10. The van der Waals surface area contributed by atoms with E-state index < -0.39 is 0 Å². The van der Waals surface area contributed by atoms with Crippen LogP contribution in [0.5, 0.6) is 0 Å². The standard InChI is InChI=1S/C14H11BrFNO/c15-11-8-9(4-5-12(11)16)17-7-6-10-13(17)2-1-3-14(10)18/h4-8H,1-3H2. The molecule has 0 saturated heterocycles. The van der Waals surface area contributed by atoms with Crippen LogP contribution in [0.15, 0.2) is 34.9 Å². The third-order valence-electron chi connectivity index (χ3n) is 3.29. The van der Waals surface area contributed by atoms with E-state index in [9.17, 15) is 9.18 Å². The lowest BCUT2D eigenvalue weighted by Gasteiger charge is -2.15. The number of nitrogens with zero attached hydrogens (tertiary/aromatic N) is 1. The van der Waals surface area contributed by atoms with E-state index in [1.807, 2.05) is 16.8 Å². The van der Waals surface area contributed by atoms with Crippen molar-refractivity contribution >= 4 is 21.7 Å². The number of halogens is 2. The first kappa shape index (κ1) is 11.7. The normalized spacial score (nSPS) is 14.7. The summed E-state index contributed by atoms with van der Waals surface area (Å²) in [4.78, 5) is 11.8. The minimum absolute atomic E-state index is 0.205. The van der Waals surface area contributed by atoms with Crippen molar-refractivity contribution in [2.24, 2.45) is 0 Å². The fourth-order valence-electron chi connectivity index (χ4n) is 2.40. The summed E-state index contributed by atoms with van der Waals surface area (Å²) in [6.45, 7) is 0. The van der Waals surface area contributed by atoms with Crippen LogP contribution in [0.1, 0.15) is 28.9 Å². The number of ketones is 1. The molecule has 1 aliphatic carbocycles. The molecule has 0 unspecified atom stereocenters. The van der Waals surface area contributed by atoms with Crippen LogP contribution in [0.3, 0.4) is 0 Å². The Kier molecular flexibility index (Phi) is 2.82. The lowest BCUT2D eigenvalue weighted by molar-refractivity contribution is 0.0972. The number of fused-ring (bicyclic) bond motifs is 1. The molecule has 0 radical (unpaired) electrons. The van der Waals surface area contributed by atoms with Gasteiger partial charge >= 0.3 is 0 Å². The molecular weight excluding hydrogens is 297 g/mol. The molecule has 1 aliphatic rings. The Morgan fingerprint density at radius 1 is 1.22 bits per heavy atom. The van der Waals surface area contributed by atoms with Gasteiger partial charge in [0, 0.05) is 29.6 Å². The highest BCUT2D eigenvalue weighted by atomic mass is 79.9. The van der Waals surface area contributed by atoms with Gasteiger partial charge in [0.1, 0.15) is 5.82 Å². The molecule has 92 valence electrons. The van der Waals surface area contributed by atoms with Crippen LogP contribution in [-0.2, 0) is 6.42 Å². The van der Waals surface area contributed by atoms with E-state index in [0.29, 0.717) is 10.9 Å². The second-order valence-corrected chi connectivity index (χ2v) is 5.28. The maximum atomic E-state index is 13.2. The number of hydrogen-bond donors (Lipinski definition) is 0. The largest absolute Gasteiger partial charge is 0.320 e. The van der Waals surface area contributed by atoms with Crippen molar-refractivity contribution in [1.29, 1.82) is 0 Å². The lowest BCUT2D eigenvalue weighted by atomic mass is 9.97. The van der Waals surface area contributed by atoms with Gasteiger partial charge in [0.05, 0.1) is 4.47 Å². The quantitative estimate of drug-likeness (QED) is 0.783. The summed E-state index contributed by atoms with van der Waals surface area (Å²) >= 11 is 3.18. The molecule has 0 saturated carbocycles. The molecule has 2 nitrogen and oxygen atoms in total. The van der Waals surface area contributed by atoms with E-state index in [-0.39, 0.29) is 11.6 Å². The van der Waals surface area contributed by atoms with Gasteiger partial charge in [-0.05, 0) is 53.0 Å². The van der Waals surface area contributed by atoms with Crippen LogP contribution in [0.25, 0.3) is 5.69 Å². The minimum atomic E-state index is -0.282. The van der Waals surface area contributed by atoms with E-state index in [1.54, 1.807) is 12.1 Å². The molecule has 18 heavy (non-hydrogen) atoms. The molecule has 2 aromatic rings. The maximum absolute atomic E-state index is 13.2. The Bertz CT molecular complexity index is 633. The summed E-state index contributed by atoms with van der Waals surface area (Å²) in [6, 6.07) is 6.73. The Hall–Kier alpha value is -1.42. The minimum Gasteiger partial charge on any atom is -0.320 e. The zero-order valence-corrected chi connectivity index (χ0v) is 11.2. The third kappa shape index (κ3) is 1.81. The molecule has 0 amide bonds. The number of benzene rings is 1. The first-order chi connectivity index (χ1) is 8.66. The highest BCUT2D eigenvalue weighted by Crippen LogP contribution is 2.27. The van der Waals surface area contributed by atoms with Gasteiger partial charge in [-0.3, -0.25) is 4.79 Å². The second-order valence-electron chi connectivity index (χ2n) is 4.42. The first-order valence-electron chi connectivity index (χ1n) is 5.85. The number of carbonyl (C=O) groups excluding carboxylic acids is 1. The molecule has 3 rings (SSSR count). The van der Waals surface area contributed by atoms with Gasteiger partial charge in [-0.1, -0.05) is 0 Å².